The van der Waals surface area contributed by atoms with Gasteiger partial charge in [-0.1, -0.05) is 30.3 Å². The number of amides is 2. The lowest BCUT2D eigenvalue weighted by molar-refractivity contribution is -0.133. The van der Waals surface area contributed by atoms with Crippen LogP contribution in [0, 0.1) is 5.92 Å². The minimum absolute atomic E-state index is 0.00745. The molecule has 7 nitrogen and oxygen atoms in total. The van der Waals surface area contributed by atoms with Gasteiger partial charge in [0, 0.05) is 19.5 Å². The minimum atomic E-state index is 0.00745. The minimum Gasteiger partial charge on any atom is -0.350 e. The second kappa shape index (κ2) is 8.60. The summed E-state index contributed by atoms with van der Waals surface area (Å²) in [6, 6.07) is 9.96. The Bertz CT molecular complexity index is 709. The van der Waals surface area contributed by atoms with E-state index in [0.29, 0.717) is 25.4 Å². The third kappa shape index (κ3) is 4.91. The van der Waals surface area contributed by atoms with E-state index in [2.05, 4.69) is 15.4 Å². The van der Waals surface area contributed by atoms with E-state index in [-0.39, 0.29) is 24.4 Å². The molecule has 1 unspecified atom stereocenters. The van der Waals surface area contributed by atoms with Gasteiger partial charge in [-0.15, -0.1) is 0 Å². The number of nitrogens with one attached hydrogen (secondary N) is 1. The molecule has 1 atom stereocenters. The van der Waals surface area contributed by atoms with Crippen LogP contribution in [-0.2, 0) is 16.1 Å². The topological polar surface area (TPSA) is 80.1 Å². The fourth-order valence-corrected chi connectivity index (χ4v) is 3.33. The highest BCUT2D eigenvalue weighted by molar-refractivity contribution is 5.77. The molecule has 1 aliphatic rings. The molecule has 1 fully saturated rings. The molecule has 7 heteroatoms. The highest BCUT2D eigenvalue weighted by Gasteiger charge is 2.25. The van der Waals surface area contributed by atoms with Crippen molar-refractivity contribution < 1.29 is 9.59 Å². The molecule has 2 aromatic rings. The second-order valence-electron chi connectivity index (χ2n) is 6.82. The van der Waals surface area contributed by atoms with Gasteiger partial charge in [-0.05, 0) is 31.2 Å². The Morgan fingerprint density at radius 1 is 1.23 bits per heavy atom. The van der Waals surface area contributed by atoms with Gasteiger partial charge in [0.1, 0.15) is 19.2 Å². The molecule has 1 aliphatic heterocycles. The first-order valence-electron chi connectivity index (χ1n) is 9.06. The number of rotatable bonds is 6. The standard InChI is InChI=1S/C19H25N5O2/c1-15(17-5-3-2-4-6-17)22-18(25)11-16-7-9-23(10-8-16)19(26)12-24-14-20-13-21-24/h2-6,13-16H,7-12H2,1H3,(H,22,25). The molecular formula is C19H25N5O2. The van der Waals surface area contributed by atoms with Crippen LogP contribution >= 0.6 is 0 Å². The smallest absolute Gasteiger partial charge is 0.244 e. The average Bonchev–Trinajstić information content (AvgIpc) is 3.16. The highest BCUT2D eigenvalue weighted by atomic mass is 16.2. The normalized spacial score (nSPS) is 16.3. The third-order valence-corrected chi connectivity index (χ3v) is 4.88. The molecule has 0 radical (unpaired) electrons. The van der Waals surface area contributed by atoms with Crippen LogP contribution in [0.4, 0.5) is 0 Å². The van der Waals surface area contributed by atoms with E-state index >= 15 is 0 Å². The lowest BCUT2D eigenvalue weighted by Crippen LogP contribution is -2.41. The van der Waals surface area contributed by atoms with Crippen LogP contribution < -0.4 is 5.32 Å². The number of carbonyl (C=O) groups excluding carboxylic acids is 2. The van der Waals surface area contributed by atoms with Crippen LogP contribution in [-0.4, -0.2) is 44.6 Å². The summed E-state index contributed by atoms with van der Waals surface area (Å²) in [5.41, 5.74) is 1.11. The Hall–Kier alpha value is -2.70. The number of hydrogen-bond donors (Lipinski definition) is 1. The Morgan fingerprint density at radius 3 is 2.62 bits per heavy atom. The summed E-state index contributed by atoms with van der Waals surface area (Å²) in [5.74, 6) is 0.457. The van der Waals surface area contributed by atoms with Crippen LogP contribution in [0.5, 0.6) is 0 Å². The van der Waals surface area contributed by atoms with Gasteiger partial charge in [-0.2, -0.15) is 5.10 Å². The third-order valence-electron chi connectivity index (χ3n) is 4.88. The summed E-state index contributed by atoms with van der Waals surface area (Å²) in [6.45, 7) is 3.61. The van der Waals surface area contributed by atoms with Crippen LogP contribution in [0.3, 0.4) is 0 Å². The van der Waals surface area contributed by atoms with Gasteiger partial charge in [0.05, 0.1) is 6.04 Å². The maximum Gasteiger partial charge on any atom is 0.244 e. The summed E-state index contributed by atoms with van der Waals surface area (Å²) >= 11 is 0. The van der Waals surface area contributed by atoms with E-state index < -0.39 is 0 Å². The SMILES string of the molecule is CC(NC(=O)CC1CCN(C(=O)Cn2cncn2)CC1)c1ccccc1. The number of likely N-dealkylation sites (tertiary alicyclic amines) is 1. The van der Waals surface area contributed by atoms with Crippen molar-refractivity contribution >= 4 is 11.8 Å². The first-order chi connectivity index (χ1) is 12.6. The maximum atomic E-state index is 12.3. The predicted octanol–water partition coefficient (Wildman–Crippen LogP) is 1.78. The van der Waals surface area contributed by atoms with Crippen molar-refractivity contribution in [3.63, 3.8) is 0 Å². The second-order valence-corrected chi connectivity index (χ2v) is 6.82. The molecule has 3 rings (SSSR count). The average molecular weight is 355 g/mol. The molecule has 2 heterocycles. The van der Waals surface area contributed by atoms with E-state index in [1.54, 1.807) is 6.33 Å². The van der Waals surface area contributed by atoms with Crippen molar-refractivity contribution in [2.24, 2.45) is 5.92 Å². The van der Waals surface area contributed by atoms with E-state index in [4.69, 9.17) is 0 Å². The van der Waals surface area contributed by atoms with Crippen molar-refractivity contribution in [2.45, 2.75) is 38.8 Å². The number of carbonyl (C=O) groups is 2. The highest BCUT2D eigenvalue weighted by Crippen LogP contribution is 2.21. The van der Waals surface area contributed by atoms with Gasteiger partial charge in [0.2, 0.25) is 11.8 Å². The quantitative estimate of drug-likeness (QED) is 0.857. The van der Waals surface area contributed by atoms with Crippen LogP contribution in [0.25, 0.3) is 0 Å². The zero-order chi connectivity index (χ0) is 18.4. The van der Waals surface area contributed by atoms with Crippen molar-refractivity contribution in [1.82, 2.24) is 25.0 Å². The summed E-state index contributed by atoms with van der Waals surface area (Å²) in [5, 5.41) is 7.03. The summed E-state index contributed by atoms with van der Waals surface area (Å²) in [6.07, 6.45) is 5.20. The number of hydrogen-bond acceptors (Lipinski definition) is 4. The lowest BCUT2D eigenvalue weighted by atomic mass is 9.93. The molecule has 0 spiro atoms. The largest absolute Gasteiger partial charge is 0.350 e. The number of benzene rings is 1. The summed E-state index contributed by atoms with van der Waals surface area (Å²) in [4.78, 5) is 30.3. The Kier molecular flexibility index (Phi) is 5.99. The Morgan fingerprint density at radius 2 is 1.96 bits per heavy atom. The first kappa shape index (κ1) is 18.1. The molecule has 2 amide bonds. The van der Waals surface area contributed by atoms with Crippen molar-refractivity contribution in [2.75, 3.05) is 13.1 Å². The van der Waals surface area contributed by atoms with Crippen molar-refractivity contribution in [1.29, 1.82) is 0 Å². The first-order valence-corrected chi connectivity index (χ1v) is 9.06. The molecule has 26 heavy (non-hydrogen) atoms. The van der Waals surface area contributed by atoms with Gasteiger partial charge in [-0.25, -0.2) is 9.67 Å². The van der Waals surface area contributed by atoms with E-state index in [1.165, 1.54) is 11.0 Å². The number of nitrogens with zero attached hydrogens (tertiary/aromatic N) is 4. The van der Waals surface area contributed by atoms with Crippen molar-refractivity contribution in [3.05, 3.63) is 48.5 Å². The molecule has 138 valence electrons. The molecule has 1 aromatic carbocycles. The molecule has 1 aromatic heterocycles. The van der Waals surface area contributed by atoms with E-state index in [9.17, 15) is 9.59 Å². The van der Waals surface area contributed by atoms with Gasteiger partial charge in [0.25, 0.3) is 0 Å². The van der Waals surface area contributed by atoms with Crippen LogP contribution in [0.1, 0.15) is 37.8 Å². The van der Waals surface area contributed by atoms with Crippen LogP contribution in [0.2, 0.25) is 0 Å². The van der Waals surface area contributed by atoms with Gasteiger partial charge in [-0.3, -0.25) is 9.59 Å². The lowest BCUT2D eigenvalue weighted by Gasteiger charge is -2.32. The number of aromatic nitrogens is 3. The molecule has 0 aliphatic carbocycles. The van der Waals surface area contributed by atoms with Gasteiger partial charge < -0.3 is 10.2 Å². The Balaban J connectivity index is 1.40. The fraction of sp³-hybridized carbons (Fsp3) is 0.474. The summed E-state index contributed by atoms with van der Waals surface area (Å²) < 4.78 is 1.53. The molecule has 0 bridgehead atoms. The van der Waals surface area contributed by atoms with Crippen LogP contribution in [0.15, 0.2) is 43.0 Å². The zero-order valence-corrected chi connectivity index (χ0v) is 15.0. The van der Waals surface area contributed by atoms with Crippen molar-refractivity contribution in [3.8, 4) is 0 Å². The maximum absolute atomic E-state index is 12.3. The fourth-order valence-electron chi connectivity index (χ4n) is 3.33. The molecule has 1 N–H and O–H groups in total. The van der Waals surface area contributed by atoms with E-state index in [1.807, 2.05) is 42.2 Å². The monoisotopic (exact) mass is 355 g/mol. The van der Waals surface area contributed by atoms with Gasteiger partial charge in [0.15, 0.2) is 0 Å². The zero-order valence-electron chi connectivity index (χ0n) is 15.0. The predicted molar refractivity (Wildman–Crippen MR) is 96.9 cm³/mol. The Labute approximate surface area is 153 Å². The summed E-state index contributed by atoms with van der Waals surface area (Å²) in [7, 11) is 0. The number of piperidine rings is 1. The van der Waals surface area contributed by atoms with Gasteiger partial charge >= 0.3 is 0 Å². The van der Waals surface area contributed by atoms with E-state index in [0.717, 1.165) is 18.4 Å². The molecular weight excluding hydrogens is 330 g/mol. The molecule has 1 saturated heterocycles. The molecule has 0 saturated carbocycles.